The van der Waals surface area contributed by atoms with Crippen molar-refractivity contribution in [1.29, 1.82) is 0 Å². The molecule has 0 unspecified atom stereocenters. The van der Waals surface area contributed by atoms with Crippen molar-refractivity contribution in [3.05, 3.63) is 114 Å². The van der Waals surface area contributed by atoms with Gasteiger partial charge in [-0.25, -0.2) is 0 Å². The Hall–Kier alpha value is -4.18. The Labute approximate surface area is 174 Å². The van der Waals surface area contributed by atoms with Gasteiger partial charge in [0.1, 0.15) is 11.5 Å². The maximum atomic E-state index is 12.9. The molecule has 0 atom stereocenters. The maximum absolute atomic E-state index is 12.9. The van der Waals surface area contributed by atoms with Crippen LogP contribution in [0.4, 0.5) is 5.69 Å². The van der Waals surface area contributed by atoms with Gasteiger partial charge in [0.15, 0.2) is 6.29 Å². The van der Waals surface area contributed by atoms with Gasteiger partial charge in [0.25, 0.3) is 5.91 Å². The molecule has 1 amide bonds. The average molecular weight is 393 g/mol. The predicted octanol–water partition coefficient (Wildman–Crippen LogP) is 6.21. The first kappa shape index (κ1) is 19.2. The van der Waals surface area contributed by atoms with Crippen LogP contribution in [0.1, 0.15) is 20.7 Å². The van der Waals surface area contributed by atoms with E-state index in [2.05, 4.69) is 5.32 Å². The van der Waals surface area contributed by atoms with Crippen molar-refractivity contribution >= 4 is 17.9 Å². The Morgan fingerprint density at radius 2 is 1.40 bits per heavy atom. The summed E-state index contributed by atoms with van der Waals surface area (Å²) < 4.78 is 5.82. The number of rotatable bonds is 6. The summed E-state index contributed by atoms with van der Waals surface area (Å²) >= 11 is 0. The Kier molecular flexibility index (Phi) is 5.67. The van der Waals surface area contributed by atoms with Crippen LogP contribution < -0.4 is 10.1 Å². The van der Waals surface area contributed by atoms with Crippen LogP contribution in [0.25, 0.3) is 11.1 Å². The number of amides is 1. The molecule has 4 nitrogen and oxygen atoms in total. The Morgan fingerprint density at radius 3 is 2.13 bits per heavy atom. The number of aldehydes is 1. The third-order valence-corrected chi connectivity index (χ3v) is 4.61. The molecule has 0 heterocycles. The average Bonchev–Trinajstić information content (AvgIpc) is 2.81. The molecule has 0 aliphatic rings. The second kappa shape index (κ2) is 8.88. The van der Waals surface area contributed by atoms with Crippen molar-refractivity contribution in [3.8, 4) is 22.6 Å². The number of carbonyl (C=O) groups excluding carboxylic acids is 2. The van der Waals surface area contributed by atoms with E-state index in [0.717, 1.165) is 11.1 Å². The fourth-order valence-electron chi connectivity index (χ4n) is 3.10. The van der Waals surface area contributed by atoms with E-state index in [0.29, 0.717) is 34.6 Å². The minimum atomic E-state index is -0.298. The molecule has 0 spiro atoms. The second-order valence-corrected chi connectivity index (χ2v) is 6.68. The zero-order valence-electron chi connectivity index (χ0n) is 16.1. The maximum Gasteiger partial charge on any atom is 0.255 e. The zero-order valence-corrected chi connectivity index (χ0v) is 16.1. The molecule has 0 saturated carbocycles. The summed E-state index contributed by atoms with van der Waals surface area (Å²) in [5.41, 5.74) is 3.25. The van der Waals surface area contributed by atoms with Crippen LogP contribution >= 0.6 is 0 Å². The van der Waals surface area contributed by atoms with Gasteiger partial charge in [-0.1, -0.05) is 60.7 Å². The first-order chi connectivity index (χ1) is 14.7. The molecule has 0 radical (unpaired) electrons. The van der Waals surface area contributed by atoms with Gasteiger partial charge >= 0.3 is 0 Å². The number of hydrogen-bond acceptors (Lipinski definition) is 3. The fraction of sp³-hybridized carbons (Fsp3) is 0. The number of nitrogens with one attached hydrogen (secondary N) is 1. The highest BCUT2D eigenvalue weighted by atomic mass is 16.5. The number of ether oxygens (including phenoxy) is 1. The number of para-hydroxylation sites is 1. The highest BCUT2D eigenvalue weighted by Gasteiger charge is 2.12. The number of benzene rings is 4. The summed E-state index contributed by atoms with van der Waals surface area (Å²) in [6, 6.07) is 31.5. The third kappa shape index (κ3) is 4.45. The predicted molar refractivity (Wildman–Crippen MR) is 118 cm³/mol. The molecule has 146 valence electrons. The lowest BCUT2D eigenvalue weighted by Crippen LogP contribution is -2.13. The largest absolute Gasteiger partial charge is 0.457 e. The molecule has 0 aliphatic heterocycles. The molecule has 0 bridgehead atoms. The Morgan fingerprint density at radius 1 is 0.700 bits per heavy atom. The van der Waals surface area contributed by atoms with Crippen LogP contribution in [-0.2, 0) is 0 Å². The summed E-state index contributed by atoms with van der Waals surface area (Å²) in [6.45, 7) is 0. The van der Waals surface area contributed by atoms with Gasteiger partial charge in [-0.05, 0) is 47.5 Å². The fourth-order valence-corrected chi connectivity index (χ4v) is 3.10. The van der Waals surface area contributed by atoms with E-state index < -0.39 is 0 Å². The van der Waals surface area contributed by atoms with Gasteiger partial charge in [0.2, 0.25) is 0 Å². The van der Waals surface area contributed by atoms with Crippen molar-refractivity contribution in [2.45, 2.75) is 0 Å². The van der Waals surface area contributed by atoms with E-state index >= 15 is 0 Å². The van der Waals surface area contributed by atoms with E-state index in [1.807, 2.05) is 78.9 Å². The molecular formula is C26H19NO3. The monoisotopic (exact) mass is 393 g/mol. The molecule has 30 heavy (non-hydrogen) atoms. The highest BCUT2D eigenvalue weighted by molar-refractivity contribution is 6.07. The van der Waals surface area contributed by atoms with Gasteiger partial charge in [-0.2, -0.15) is 0 Å². The molecule has 0 saturated heterocycles. The Balaban J connectivity index is 1.58. The van der Waals surface area contributed by atoms with E-state index in [1.165, 1.54) is 0 Å². The smallest absolute Gasteiger partial charge is 0.255 e. The van der Waals surface area contributed by atoms with Crippen LogP contribution in [0.3, 0.4) is 0 Å². The second-order valence-electron chi connectivity index (χ2n) is 6.68. The molecule has 0 aliphatic carbocycles. The van der Waals surface area contributed by atoms with E-state index in [4.69, 9.17) is 4.74 Å². The zero-order chi connectivity index (χ0) is 20.8. The van der Waals surface area contributed by atoms with Gasteiger partial charge < -0.3 is 10.1 Å². The SMILES string of the molecule is O=Cc1ccc(Oc2ccccc2)cc1NC(=O)c1cccc(-c2ccccc2)c1. The van der Waals surface area contributed by atoms with Crippen molar-refractivity contribution in [3.63, 3.8) is 0 Å². The molecule has 4 heteroatoms. The van der Waals surface area contributed by atoms with Gasteiger partial charge in [0.05, 0.1) is 5.69 Å². The first-order valence-corrected chi connectivity index (χ1v) is 9.52. The quantitative estimate of drug-likeness (QED) is 0.396. The van der Waals surface area contributed by atoms with Gasteiger partial charge in [0, 0.05) is 17.2 Å². The van der Waals surface area contributed by atoms with Crippen molar-refractivity contribution in [2.24, 2.45) is 0 Å². The first-order valence-electron chi connectivity index (χ1n) is 9.52. The van der Waals surface area contributed by atoms with Gasteiger partial charge in [-0.3, -0.25) is 9.59 Å². The lowest BCUT2D eigenvalue weighted by molar-refractivity contribution is 0.102. The third-order valence-electron chi connectivity index (χ3n) is 4.61. The van der Waals surface area contributed by atoms with E-state index in [1.54, 1.807) is 24.3 Å². The summed E-state index contributed by atoms with van der Waals surface area (Å²) in [5.74, 6) is 0.900. The highest BCUT2D eigenvalue weighted by Crippen LogP contribution is 2.27. The molecule has 4 aromatic carbocycles. The van der Waals surface area contributed by atoms with Crippen LogP contribution in [0.2, 0.25) is 0 Å². The van der Waals surface area contributed by atoms with Crippen LogP contribution in [0.15, 0.2) is 103 Å². The summed E-state index contributed by atoms with van der Waals surface area (Å²) in [7, 11) is 0. The van der Waals surface area contributed by atoms with Crippen molar-refractivity contribution < 1.29 is 14.3 Å². The molecule has 0 fully saturated rings. The number of anilines is 1. The molecule has 1 N–H and O–H groups in total. The molecule has 4 aromatic rings. The summed E-state index contributed by atoms with van der Waals surface area (Å²) in [4.78, 5) is 24.3. The standard InChI is InChI=1S/C26H19NO3/c28-18-22-14-15-24(30-23-12-5-2-6-13-23)17-25(22)27-26(29)21-11-7-10-20(16-21)19-8-3-1-4-9-19/h1-18H,(H,27,29). The van der Waals surface area contributed by atoms with Crippen LogP contribution in [0, 0.1) is 0 Å². The minimum absolute atomic E-state index is 0.298. The Bertz CT molecular complexity index is 1170. The number of hydrogen-bond donors (Lipinski definition) is 1. The van der Waals surface area contributed by atoms with Gasteiger partial charge in [-0.15, -0.1) is 0 Å². The summed E-state index contributed by atoms with van der Waals surface area (Å²) in [6.07, 6.45) is 0.711. The lowest BCUT2D eigenvalue weighted by Gasteiger charge is -2.12. The normalized spacial score (nSPS) is 10.3. The van der Waals surface area contributed by atoms with E-state index in [9.17, 15) is 9.59 Å². The lowest BCUT2D eigenvalue weighted by atomic mass is 10.0. The van der Waals surface area contributed by atoms with E-state index in [-0.39, 0.29) is 5.91 Å². The summed E-state index contributed by atoms with van der Waals surface area (Å²) in [5, 5.41) is 2.83. The minimum Gasteiger partial charge on any atom is -0.457 e. The van der Waals surface area contributed by atoms with Crippen molar-refractivity contribution in [1.82, 2.24) is 0 Å². The van der Waals surface area contributed by atoms with Crippen LogP contribution in [-0.4, -0.2) is 12.2 Å². The topological polar surface area (TPSA) is 55.4 Å². The molecular weight excluding hydrogens is 374 g/mol. The molecule has 4 rings (SSSR count). The number of carbonyl (C=O) groups is 2. The van der Waals surface area contributed by atoms with Crippen molar-refractivity contribution in [2.75, 3.05) is 5.32 Å². The van der Waals surface area contributed by atoms with Crippen LogP contribution in [0.5, 0.6) is 11.5 Å². The molecule has 0 aromatic heterocycles.